The minimum atomic E-state index is -0.598. The number of aromatic nitrogens is 4. The molecule has 1 atom stereocenters. The molecule has 0 bridgehead atoms. The van der Waals surface area contributed by atoms with Crippen molar-refractivity contribution in [2.24, 2.45) is 5.92 Å². The van der Waals surface area contributed by atoms with Crippen LogP contribution < -0.4 is 10.6 Å². The molecular formula is C20H30N6O3. The van der Waals surface area contributed by atoms with E-state index in [2.05, 4.69) is 40.0 Å². The van der Waals surface area contributed by atoms with E-state index in [-0.39, 0.29) is 25.0 Å². The van der Waals surface area contributed by atoms with Gasteiger partial charge in [0, 0.05) is 0 Å². The summed E-state index contributed by atoms with van der Waals surface area (Å²) in [5.74, 6) is 0.582. The number of nitrogens with zero attached hydrogens (tertiary/aromatic N) is 4. The van der Waals surface area contributed by atoms with Crippen molar-refractivity contribution in [2.75, 3.05) is 0 Å². The minimum absolute atomic E-state index is 0.0419. The second-order valence-electron chi connectivity index (χ2n) is 8.27. The molecule has 1 aromatic heterocycles. The Balaban J connectivity index is 1.96. The SMILES string of the molecule is CC(C)C[C@@H](NC(=O)Cn1nnnc1CNC(=O)OC(C)(C)C)c1ccccc1. The molecule has 0 fully saturated rings. The summed E-state index contributed by atoms with van der Waals surface area (Å²) in [4.78, 5) is 24.4. The van der Waals surface area contributed by atoms with Crippen LogP contribution in [0.3, 0.4) is 0 Å². The Morgan fingerprint density at radius 1 is 1.17 bits per heavy atom. The molecule has 9 nitrogen and oxygen atoms in total. The lowest BCUT2D eigenvalue weighted by molar-refractivity contribution is -0.122. The summed E-state index contributed by atoms with van der Waals surface area (Å²) in [7, 11) is 0. The molecule has 0 aliphatic heterocycles. The van der Waals surface area contributed by atoms with E-state index < -0.39 is 11.7 Å². The van der Waals surface area contributed by atoms with Gasteiger partial charge >= 0.3 is 6.09 Å². The number of hydrogen-bond acceptors (Lipinski definition) is 6. The normalized spacial score (nSPS) is 12.5. The summed E-state index contributed by atoms with van der Waals surface area (Å²) < 4.78 is 6.55. The predicted molar refractivity (Wildman–Crippen MR) is 108 cm³/mol. The fourth-order valence-electron chi connectivity index (χ4n) is 2.75. The molecular weight excluding hydrogens is 372 g/mol. The number of nitrogens with one attached hydrogen (secondary N) is 2. The zero-order valence-corrected chi connectivity index (χ0v) is 17.7. The van der Waals surface area contributed by atoms with E-state index in [1.54, 1.807) is 20.8 Å². The van der Waals surface area contributed by atoms with Crippen molar-refractivity contribution in [1.82, 2.24) is 30.8 Å². The molecule has 0 saturated carbocycles. The molecule has 2 rings (SSSR count). The molecule has 0 saturated heterocycles. The maximum Gasteiger partial charge on any atom is 0.408 e. The number of amides is 2. The molecule has 29 heavy (non-hydrogen) atoms. The van der Waals surface area contributed by atoms with Gasteiger partial charge in [0.1, 0.15) is 12.1 Å². The summed E-state index contributed by atoms with van der Waals surface area (Å²) in [5, 5.41) is 17.0. The van der Waals surface area contributed by atoms with Crippen LogP contribution in [0.1, 0.15) is 58.5 Å². The van der Waals surface area contributed by atoms with Crippen LogP contribution in [0.2, 0.25) is 0 Å². The van der Waals surface area contributed by atoms with Crippen LogP contribution in [0.25, 0.3) is 0 Å². The van der Waals surface area contributed by atoms with Crippen LogP contribution in [-0.2, 0) is 22.6 Å². The average molecular weight is 402 g/mol. The second kappa shape index (κ2) is 9.99. The van der Waals surface area contributed by atoms with Crippen LogP contribution in [0, 0.1) is 5.92 Å². The number of rotatable bonds is 8. The van der Waals surface area contributed by atoms with E-state index in [0.717, 1.165) is 12.0 Å². The monoisotopic (exact) mass is 402 g/mol. The third-order valence-electron chi connectivity index (χ3n) is 3.93. The minimum Gasteiger partial charge on any atom is -0.444 e. The lowest BCUT2D eigenvalue weighted by Crippen LogP contribution is -2.35. The van der Waals surface area contributed by atoms with Crippen molar-refractivity contribution < 1.29 is 14.3 Å². The van der Waals surface area contributed by atoms with E-state index in [4.69, 9.17) is 4.74 Å². The van der Waals surface area contributed by atoms with Gasteiger partial charge in [-0.2, -0.15) is 0 Å². The van der Waals surface area contributed by atoms with Crippen LogP contribution in [0.5, 0.6) is 0 Å². The van der Waals surface area contributed by atoms with Crippen LogP contribution in [-0.4, -0.2) is 37.8 Å². The second-order valence-corrected chi connectivity index (χ2v) is 8.27. The quantitative estimate of drug-likeness (QED) is 0.702. The van der Waals surface area contributed by atoms with E-state index in [9.17, 15) is 9.59 Å². The molecule has 2 aromatic rings. The smallest absolute Gasteiger partial charge is 0.408 e. The lowest BCUT2D eigenvalue weighted by atomic mass is 9.97. The third kappa shape index (κ3) is 7.89. The standard InChI is InChI=1S/C20H30N6O3/c1-14(2)11-16(15-9-7-6-8-10-15)22-18(27)13-26-17(23-24-25-26)12-21-19(28)29-20(3,4)5/h6-10,14,16H,11-13H2,1-5H3,(H,21,28)(H,22,27)/t16-/m1/s1. The van der Waals surface area contributed by atoms with Crippen LogP contribution in [0.4, 0.5) is 4.79 Å². The number of tetrazole rings is 1. The number of alkyl carbamates (subject to hydrolysis) is 1. The first-order chi connectivity index (χ1) is 13.6. The Kier molecular flexibility index (Phi) is 7.69. The molecule has 0 aliphatic rings. The molecule has 0 spiro atoms. The van der Waals surface area contributed by atoms with Crippen LogP contribution >= 0.6 is 0 Å². The maximum absolute atomic E-state index is 12.6. The van der Waals surface area contributed by atoms with Gasteiger partial charge in [-0.1, -0.05) is 44.2 Å². The molecule has 0 radical (unpaired) electrons. The fraction of sp³-hybridized carbons (Fsp3) is 0.550. The molecule has 2 amide bonds. The first kappa shape index (κ1) is 22.3. The molecule has 1 heterocycles. The highest BCUT2D eigenvalue weighted by Crippen LogP contribution is 2.21. The molecule has 2 N–H and O–H groups in total. The van der Waals surface area contributed by atoms with Gasteiger partial charge in [0.2, 0.25) is 5.91 Å². The molecule has 9 heteroatoms. The molecule has 158 valence electrons. The summed E-state index contributed by atoms with van der Waals surface area (Å²) in [6.45, 7) is 9.58. The van der Waals surface area contributed by atoms with Crippen molar-refractivity contribution in [3.63, 3.8) is 0 Å². The van der Waals surface area contributed by atoms with Crippen LogP contribution in [0.15, 0.2) is 30.3 Å². The number of hydrogen-bond donors (Lipinski definition) is 2. The zero-order valence-electron chi connectivity index (χ0n) is 17.7. The van der Waals surface area contributed by atoms with Gasteiger partial charge in [0.05, 0.1) is 12.6 Å². The lowest BCUT2D eigenvalue weighted by Gasteiger charge is -2.21. The summed E-state index contributed by atoms with van der Waals surface area (Å²) in [6.07, 6.45) is 0.246. The highest BCUT2D eigenvalue weighted by atomic mass is 16.6. The largest absolute Gasteiger partial charge is 0.444 e. The maximum atomic E-state index is 12.6. The Morgan fingerprint density at radius 3 is 2.48 bits per heavy atom. The predicted octanol–water partition coefficient (Wildman–Crippen LogP) is 2.60. The van der Waals surface area contributed by atoms with Gasteiger partial charge in [-0.25, -0.2) is 9.48 Å². The number of ether oxygens (including phenoxy) is 1. The fourth-order valence-corrected chi connectivity index (χ4v) is 2.75. The van der Waals surface area contributed by atoms with E-state index in [0.29, 0.717) is 11.7 Å². The Hall–Kier alpha value is -2.97. The topological polar surface area (TPSA) is 111 Å². The average Bonchev–Trinajstić information content (AvgIpc) is 3.05. The highest BCUT2D eigenvalue weighted by molar-refractivity contribution is 5.76. The van der Waals surface area contributed by atoms with E-state index in [1.165, 1.54) is 4.68 Å². The number of benzene rings is 1. The van der Waals surface area contributed by atoms with Gasteiger partial charge in [-0.15, -0.1) is 5.10 Å². The summed E-state index contributed by atoms with van der Waals surface area (Å²) >= 11 is 0. The molecule has 0 aliphatic carbocycles. The first-order valence-electron chi connectivity index (χ1n) is 9.70. The van der Waals surface area contributed by atoms with E-state index in [1.807, 2.05) is 30.3 Å². The highest BCUT2D eigenvalue weighted by Gasteiger charge is 2.19. The van der Waals surface area contributed by atoms with Gasteiger partial charge < -0.3 is 15.4 Å². The molecule has 1 aromatic carbocycles. The van der Waals surface area contributed by atoms with Gasteiger partial charge in [-0.05, 0) is 49.1 Å². The Morgan fingerprint density at radius 2 is 1.86 bits per heavy atom. The van der Waals surface area contributed by atoms with Gasteiger partial charge in [0.25, 0.3) is 0 Å². The third-order valence-corrected chi connectivity index (χ3v) is 3.93. The Labute approximate surface area is 171 Å². The van der Waals surface area contributed by atoms with Crippen molar-refractivity contribution in [2.45, 2.75) is 65.8 Å². The number of carbonyl (C=O) groups is 2. The van der Waals surface area contributed by atoms with Gasteiger partial charge in [0.15, 0.2) is 5.82 Å². The summed E-state index contributed by atoms with van der Waals surface area (Å²) in [6, 6.07) is 9.76. The molecule has 0 unspecified atom stereocenters. The first-order valence-corrected chi connectivity index (χ1v) is 9.70. The van der Waals surface area contributed by atoms with Crippen molar-refractivity contribution >= 4 is 12.0 Å². The van der Waals surface area contributed by atoms with E-state index >= 15 is 0 Å². The van der Waals surface area contributed by atoms with Gasteiger partial charge in [-0.3, -0.25) is 4.79 Å². The van der Waals surface area contributed by atoms with Crippen molar-refractivity contribution in [1.29, 1.82) is 0 Å². The summed E-state index contributed by atoms with van der Waals surface area (Å²) in [5.41, 5.74) is 0.455. The van der Waals surface area contributed by atoms with Crippen molar-refractivity contribution in [3.05, 3.63) is 41.7 Å². The van der Waals surface area contributed by atoms with Crippen molar-refractivity contribution in [3.8, 4) is 0 Å². The Bertz CT molecular complexity index is 798. The number of carbonyl (C=O) groups excluding carboxylic acids is 2. The zero-order chi connectivity index (χ0) is 21.4.